The number of para-hydroxylation sites is 2. The molecule has 0 aliphatic rings. The maximum Gasteiger partial charge on any atom is 0.126 e. The van der Waals surface area contributed by atoms with Crippen molar-refractivity contribution < 1.29 is 19.3 Å². The molecule has 0 spiro atoms. The van der Waals surface area contributed by atoms with Gasteiger partial charge < -0.3 is 25.1 Å². The predicted molar refractivity (Wildman–Crippen MR) is 149 cm³/mol. The summed E-state index contributed by atoms with van der Waals surface area (Å²) < 4.78 is 17.4. The number of aliphatic hydroxyl groups is 1. The van der Waals surface area contributed by atoms with Crippen molar-refractivity contribution in [3.05, 3.63) is 108 Å². The molecular weight excluding hydrogens is 462 g/mol. The minimum atomic E-state index is -0.466. The van der Waals surface area contributed by atoms with Gasteiger partial charge in [0, 0.05) is 11.1 Å². The quantitative estimate of drug-likeness (QED) is 0.242. The molecule has 0 aliphatic heterocycles. The van der Waals surface area contributed by atoms with Crippen molar-refractivity contribution in [3.8, 4) is 33.8 Å². The molecule has 1 atom stereocenters. The van der Waals surface area contributed by atoms with Gasteiger partial charge in [-0.15, -0.1) is 0 Å². The minimum absolute atomic E-state index is 0.275. The number of aliphatic hydroxyl groups excluding tert-OH is 1. The Hall–Kier alpha value is -3.64. The molecule has 4 rings (SSSR count). The second-order valence-electron chi connectivity index (χ2n) is 8.92. The van der Waals surface area contributed by atoms with Gasteiger partial charge in [0.25, 0.3) is 0 Å². The van der Waals surface area contributed by atoms with Crippen LogP contribution in [0.25, 0.3) is 22.3 Å². The maximum absolute atomic E-state index is 10.1. The van der Waals surface area contributed by atoms with Gasteiger partial charge in [0.05, 0.1) is 26.9 Å². The molecule has 0 saturated heterocycles. The van der Waals surface area contributed by atoms with Crippen LogP contribution in [-0.2, 0) is 4.74 Å². The Balaban J connectivity index is 1.61. The first-order valence-corrected chi connectivity index (χ1v) is 12.6. The molecule has 5 nitrogen and oxygen atoms in total. The Labute approximate surface area is 219 Å². The zero-order valence-corrected chi connectivity index (χ0v) is 21.5. The number of nitrogens with two attached hydrogens (primary N) is 1. The summed E-state index contributed by atoms with van der Waals surface area (Å²) in [5, 5.41) is 10.1. The Morgan fingerprint density at radius 3 is 1.54 bits per heavy atom. The Morgan fingerprint density at radius 1 is 0.649 bits per heavy atom. The largest absolute Gasteiger partial charge is 0.496 e. The lowest BCUT2D eigenvalue weighted by atomic mass is 9.95. The fraction of sp³-hybridized carbons (Fsp3) is 0.250. The molecule has 37 heavy (non-hydrogen) atoms. The molecule has 0 fully saturated rings. The van der Waals surface area contributed by atoms with E-state index in [9.17, 15) is 5.11 Å². The van der Waals surface area contributed by atoms with Crippen LogP contribution in [0.5, 0.6) is 11.5 Å². The summed E-state index contributed by atoms with van der Waals surface area (Å²) in [5.74, 6) is 1.67. The van der Waals surface area contributed by atoms with E-state index in [-0.39, 0.29) is 6.10 Å². The number of hydrogen-bond acceptors (Lipinski definition) is 5. The van der Waals surface area contributed by atoms with Crippen molar-refractivity contribution in [1.29, 1.82) is 0 Å². The smallest absolute Gasteiger partial charge is 0.126 e. The molecule has 0 aromatic heterocycles. The summed E-state index contributed by atoms with van der Waals surface area (Å²) in [6, 6.07) is 32.7. The molecule has 0 amide bonds. The standard InChI is InChI=1S/C32H35NO4/c1-35-30-9-5-3-7-28(30)23-11-15-25(16-12-23)32(37-22-20-27(34)19-21-33)26-17-13-24(14-18-26)29-8-4-6-10-31(29)36-2/h3-18,27,32,34H,19-22,33H2,1-2H3. The van der Waals surface area contributed by atoms with Gasteiger partial charge in [0.1, 0.15) is 17.6 Å². The van der Waals surface area contributed by atoms with Crippen LogP contribution in [0, 0.1) is 0 Å². The average Bonchev–Trinajstić information content (AvgIpc) is 2.96. The van der Waals surface area contributed by atoms with Gasteiger partial charge in [-0.05, 0) is 53.8 Å². The third-order valence-corrected chi connectivity index (χ3v) is 6.50. The van der Waals surface area contributed by atoms with E-state index in [1.165, 1.54) is 0 Å². The van der Waals surface area contributed by atoms with Crippen LogP contribution in [0.3, 0.4) is 0 Å². The SMILES string of the molecule is COc1ccccc1-c1ccc(C(OCCC(O)CCN)c2ccc(-c3ccccc3OC)cc2)cc1. The Bertz CT molecular complexity index is 1160. The summed E-state index contributed by atoms with van der Waals surface area (Å²) in [5.41, 5.74) is 11.9. The zero-order valence-electron chi connectivity index (χ0n) is 21.5. The summed E-state index contributed by atoms with van der Waals surface area (Å²) in [7, 11) is 3.37. The number of benzene rings is 4. The molecule has 0 radical (unpaired) electrons. The average molecular weight is 498 g/mol. The molecule has 0 saturated carbocycles. The first-order valence-electron chi connectivity index (χ1n) is 12.6. The lowest BCUT2D eigenvalue weighted by Crippen LogP contribution is -2.17. The lowest BCUT2D eigenvalue weighted by molar-refractivity contribution is 0.0458. The first-order chi connectivity index (χ1) is 18.1. The fourth-order valence-electron chi connectivity index (χ4n) is 4.48. The molecule has 3 N–H and O–H groups in total. The van der Waals surface area contributed by atoms with Crippen molar-refractivity contribution in [2.24, 2.45) is 5.73 Å². The van der Waals surface area contributed by atoms with Crippen molar-refractivity contribution in [1.82, 2.24) is 0 Å². The predicted octanol–water partition coefficient (Wildman–Crippen LogP) is 6.24. The third-order valence-electron chi connectivity index (χ3n) is 6.50. The van der Waals surface area contributed by atoms with Crippen LogP contribution in [0.15, 0.2) is 97.1 Å². The van der Waals surface area contributed by atoms with Gasteiger partial charge in [-0.1, -0.05) is 84.9 Å². The molecule has 0 bridgehead atoms. The highest BCUT2D eigenvalue weighted by atomic mass is 16.5. The van der Waals surface area contributed by atoms with Crippen LogP contribution in [0.2, 0.25) is 0 Å². The van der Waals surface area contributed by atoms with Crippen molar-refractivity contribution in [2.75, 3.05) is 27.4 Å². The third kappa shape index (κ3) is 6.57. The molecule has 1 unspecified atom stereocenters. The highest BCUT2D eigenvalue weighted by Crippen LogP contribution is 2.34. The molecule has 0 aliphatic carbocycles. The summed E-state index contributed by atoms with van der Waals surface area (Å²) in [6.07, 6.45) is 0.358. The van der Waals surface area contributed by atoms with Crippen molar-refractivity contribution >= 4 is 0 Å². The van der Waals surface area contributed by atoms with E-state index in [1.54, 1.807) is 14.2 Å². The minimum Gasteiger partial charge on any atom is -0.496 e. The maximum atomic E-state index is 10.1. The van der Waals surface area contributed by atoms with Crippen LogP contribution >= 0.6 is 0 Å². The topological polar surface area (TPSA) is 73.9 Å². The summed E-state index contributed by atoms with van der Waals surface area (Å²) >= 11 is 0. The van der Waals surface area contributed by atoms with Crippen molar-refractivity contribution in [3.63, 3.8) is 0 Å². The van der Waals surface area contributed by atoms with Gasteiger partial charge in [-0.25, -0.2) is 0 Å². The van der Waals surface area contributed by atoms with Gasteiger partial charge in [0.2, 0.25) is 0 Å². The highest BCUT2D eigenvalue weighted by Gasteiger charge is 2.17. The molecular formula is C32H35NO4. The highest BCUT2D eigenvalue weighted by molar-refractivity contribution is 5.71. The lowest BCUT2D eigenvalue weighted by Gasteiger charge is -2.21. The van der Waals surface area contributed by atoms with Crippen LogP contribution in [0.4, 0.5) is 0 Å². The normalized spacial score (nSPS) is 11.9. The number of ether oxygens (including phenoxy) is 3. The summed E-state index contributed by atoms with van der Waals surface area (Å²) in [4.78, 5) is 0. The number of rotatable bonds is 12. The molecule has 0 heterocycles. The van der Waals surface area contributed by atoms with E-state index in [1.807, 2.05) is 36.4 Å². The summed E-state index contributed by atoms with van der Waals surface area (Å²) in [6.45, 7) is 0.883. The monoisotopic (exact) mass is 497 g/mol. The molecule has 5 heteroatoms. The zero-order chi connectivity index (χ0) is 26.0. The molecule has 4 aromatic rings. The van der Waals surface area contributed by atoms with Gasteiger partial charge in [-0.3, -0.25) is 0 Å². The second-order valence-corrected chi connectivity index (χ2v) is 8.92. The van der Waals surface area contributed by atoms with Crippen LogP contribution in [0.1, 0.15) is 30.1 Å². The van der Waals surface area contributed by atoms with E-state index in [0.717, 1.165) is 44.9 Å². The Morgan fingerprint density at radius 2 is 1.11 bits per heavy atom. The van der Waals surface area contributed by atoms with Crippen LogP contribution in [-0.4, -0.2) is 38.6 Å². The van der Waals surface area contributed by atoms with E-state index in [4.69, 9.17) is 19.9 Å². The van der Waals surface area contributed by atoms with E-state index in [2.05, 4.69) is 60.7 Å². The fourth-order valence-corrected chi connectivity index (χ4v) is 4.48. The van der Waals surface area contributed by atoms with Gasteiger partial charge >= 0.3 is 0 Å². The molecule has 4 aromatic carbocycles. The van der Waals surface area contributed by atoms with E-state index < -0.39 is 6.10 Å². The van der Waals surface area contributed by atoms with Crippen molar-refractivity contribution in [2.45, 2.75) is 25.0 Å². The first kappa shape index (κ1) is 26.4. The van der Waals surface area contributed by atoms with Gasteiger partial charge in [-0.2, -0.15) is 0 Å². The second kappa shape index (κ2) is 13.1. The van der Waals surface area contributed by atoms with Gasteiger partial charge in [0.15, 0.2) is 0 Å². The number of hydrogen-bond donors (Lipinski definition) is 2. The van der Waals surface area contributed by atoms with Crippen LogP contribution < -0.4 is 15.2 Å². The number of methoxy groups -OCH3 is 2. The van der Waals surface area contributed by atoms with E-state index in [0.29, 0.717) is 26.0 Å². The molecule has 192 valence electrons. The Kier molecular flexibility index (Phi) is 9.33. The van der Waals surface area contributed by atoms with E-state index >= 15 is 0 Å².